The monoisotopic (exact) mass is 591 g/mol. The van der Waals surface area contributed by atoms with Crippen LogP contribution >= 0.6 is 11.8 Å². The Morgan fingerprint density at radius 2 is 1.69 bits per heavy atom. The van der Waals surface area contributed by atoms with E-state index in [4.69, 9.17) is 28.8 Å². The Labute approximate surface area is 248 Å². The lowest BCUT2D eigenvalue weighted by Crippen LogP contribution is -2.58. The standard InChI is InChI=1S/C32H33NO8S/c1-20-4-9-23(10-5-20)33-28(21-6-11-24(12-7-21)37-15-27(34)35)29(30(33)36)42-18-32(40-16-31(2,3)17-41-32)22-8-13-25-26(14-22)39-19-38-25/h4-14,28-29H,15-19H2,1-3H3,(H,34,35)/t28-,29-/m1/s1. The summed E-state index contributed by atoms with van der Waals surface area (Å²) in [6.07, 6.45) is 0. The smallest absolute Gasteiger partial charge is 0.341 e. The summed E-state index contributed by atoms with van der Waals surface area (Å²) in [7, 11) is 0. The van der Waals surface area contributed by atoms with Crippen molar-refractivity contribution in [1.82, 2.24) is 0 Å². The number of carboxylic acid groups (broad SMARTS) is 1. The normalized spacial score (nSPS) is 22.0. The molecule has 3 aromatic rings. The highest BCUT2D eigenvalue weighted by molar-refractivity contribution is 8.00. The van der Waals surface area contributed by atoms with E-state index in [2.05, 4.69) is 13.8 Å². The minimum Gasteiger partial charge on any atom is -0.482 e. The van der Waals surface area contributed by atoms with Gasteiger partial charge < -0.3 is 33.7 Å². The number of rotatable bonds is 9. The van der Waals surface area contributed by atoms with Crippen molar-refractivity contribution in [2.45, 2.75) is 37.9 Å². The van der Waals surface area contributed by atoms with E-state index in [1.165, 1.54) is 11.8 Å². The van der Waals surface area contributed by atoms with Crippen LogP contribution in [-0.2, 0) is 24.8 Å². The number of nitrogens with zero attached hydrogens (tertiary/aromatic N) is 1. The minimum atomic E-state index is -1.06. The molecular weight excluding hydrogens is 558 g/mol. The molecule has 0 radical (unpaired) electrons. The molecule has 0 saturated carbocycles. The summed E-state index contributed by atoms with van der Waals surface area (Å²) in [6, 6.07) is 20.6. The Bertz CT molecular complexity index is 1460. The number of benzene rings is 3. The molecule has 6 rings (SSSR count). The third-order valence-electron chi connectivity index (χ3n) is 7.60. The molecule has 42 heavy (non-hydrogen) atoms. The summed E-state index contributed by atoms with van der Waals surface area (Å²) in [5, 5.41) is 8.55. The van der Waals surface area contributed by atoms with Gasteiger partial charge in [-0.3, -0.25) is 4.79 Å². The molecule has 3 aliphatic heterocycles. The summed E-state index contributed by atoms with van der Waals surface area (Å²) in [5.41, 5.74) is 3.50. The van der Waals surface area contributed by atoms with Crippen LogP contribution in [0.4, 0.5) is 5.69 Å². The summed E-state index contributed by atoms with van der Waals surface area (Å²) >= 11 is 1.51. The van der Waals surface area contributed by atoms with E-state index in [-0.39, 0.29) is 24.2 Å². The van der Waals surface area contributed by atoms with Crippen molar-refractivity contribution >= 4 is 29.3 Å². The average molecular weight is 592 g/mol. The number of aliphatic carboxylic acids is 1. The number of carbonyl (C=O) groups excluding carboxylic acids is 1. The first-order valence-electron chi connectivity index (χ1n) is 13.8. The van der Waals surface area contributed by atoms with Crippen LogP contribution in [-0.4, -0.2) is 54.6 Å². The van der Waals surface area contributed by atoms with Crippen molar-refractivity contribution in [2.24, 2.45) is 5.41 Å². The Morgan fingerprint density at radius 1 is 1.00 bits per heavy atom. The lowest BCUT2D eigenvalue weighted by Gasteiger charge is -2.49. The number of β-lactam (4-membered cyclic amide) rings is 1. The topological polar surface area (TPSA) is 104 Å². The van der Waals surface area contributed by atoms with E-state index in [1.54, 1.807) is 12.1 Å². The van der Waals surface area contributed by atoms with Crippen LogP contribution in [0.5, 0.6) is 17.2 Å². The van der Waals surface area contributed by atoms with Gasteiger partial charge in [-0.1, -0.05) is 43.7 Å². The number of hydrogen-bond donors (Lipinski definition) is 1. The molecular formula is C32H33NO8S. The van der Waals surface area contributed by atoms with E-state index in [9.17, 15) is 9.59 Å². The van der Waals surface area contributed by atoms with Crippen molar-refractivity contribution < 1.29 is 38.4 Å². The number of carboxylic acids is 1. The molecule has 0 aliphatic carbocycles. The fourth-order valence-electron chi connectivity index (χ4n) is 5.22. The maximum atomic E-state index is 13.7. The zero-order chi connectivity index (χ0) is 29.5. The van der Waals surface area contributed by atoms with Crippen molar-refractivity contribution in [3.8, 4) is 17.2 Å². The van der Waals surface area contributed by atoms with Gasteiger partial charge >= 0.3 is 5.97 Å². The van der Waals surface area contributed by atoms with Crippen molar-refractivity contribution in [3.63, 3.8) is 0 Å². The fraction of sp³-hybridized carbons (Fsp3) is 0.375. The summed E-state index contributed by atoms with van der Waals surface area (Å²) in [4.78, 5) is 26.5. The van der Waals surface area contributed by atoms with E-state index >= 15 is 0 Å². The van der Waals surface area contributed by atoms with Crippen LogP contribution in [0.15, 0.2) is 66.7 Å². The number of anilines is 1. The average Bonchev–Trinajstić information content (AvgIpc) is 3.45. The highest BCUT2D eigenvalue weighted by Gasteiger charge is 2.52. The Balaban J connectivity index is 1.28. The molecule has 3 aromatic carbocycles. The van der Waals surface area contributed by atoms with E-state index in [1.807, 2.05) is 66.4 Å². The second-order valence-electron chi connectivity index (χ2n) is 11.5. The molecule has 0 spiro atoms. The van der Waals surface area contributed by atoms with E-state index in [0.717, 1.165) is 22.4 Å². The van der Waals surface area contributed by atoms with Crippen molar-refractivity contribution in [1.29, 1.82) is 0 Å². The molecule has 2 saturated heterocycles. The van der Waals surface area contributed by atoms with Gasteiger partial charge in [0.1, 0.15) is 11.0 Å². The maximum absolute atomic E-state index is 13.7. The second-order valence-corrected chi connectivity index (χ2v) is 12.7. The van der Waals surface area contributed by atoms with Gasteiger partial charge in [0.2, 0.25) is 18.5 Å². The van der Waals surface area contributed by atoms with Crippen LogP contribution in [0.3, 0.4) is 0 Å². The first-order valence-corrected chi connectivity index (χ1v) is 14.8. The largest absolute Gasteiger partial charge is 0.482 e. The number of thioether (sulfide) groups is 1. The fourth-order valence-corrected chi connectivity index (χ4v) is 6.67. The summed E-state index contributed by atoms with van der Waals surface area (Å²) in [5.74, 6) is 0.0433. The van der Waals surface area contributed by atoms with Crippen molar-refractivity contribution in [3.05, 3.63) is 83.4 Å². The van der Waals surface area contributed by atoms with Crippen LogP contribution in [0.25, 0.3) is 0 Å². The number of carbonyl (C=O) groups is 2. The number of fused-ring (bicyclic) bond motifs is 1. The zero-order valence-electron chi connectivity index (χ0n) is 23.7. The van der Waals surface area contributed by atoms with Gasteiger partial charge in [0.05, 0.1) is 25.0 Å². The first kappa shape index (κ1) is 28.4. The van der Waals surface area contributed by atoms with Crippen LogP contribution in [0.1, 0.15) is 36.6 Å². The third-order valence-corrected chi connectivity index (χ3v) is 8.96. The van der Waals surface area contributed by atoms with Gasteiger partial charge in [0.25, 0.3) is 0 Å². The molecule has 0 bridgehead atoms. The van der Waals surface area contributed by atoms with Gasteiger partial charge in [-0.25, -0.2) is 4.79 Å². The van der Waals surface area contributed by atoms with Gasteiger partial charge in [-0.15, -0.1) is 11.8 Å². The minimum absolute atomic E-state index is 0.00275. The van der Waals surface area contributed by atoms with Crippen LogP contribution in [0.2, 0.25) is 0 Å². The zero-order valence-corrected chi connectivity index (χ0v) is 24.5. The highest BCUT2D eigenvalue weighted by Crippen LogP contribution is 2.49. The summed E-state index contributed by atoms with van der Waals surface area (Å²) < 4.78 is 29.4. The third kappa shape index (κ3) is 5.54. The predicted octanol–water partition coefficient (Wildman–Crippen LogP) is 5.30. The van der Waals surface area contributed by atoms with E-state index < -0.39 is 23.6 Å². The van der Waals surface area contributed by atoms with Crippen LogP contribution < -0.4 is 19.1 Å². The van der Waals surface area contributed by atoms with Gasteiger partial charge in [-0.2, -0.15) is 0 Å². The predicted molar refractivity (Wildman–Crippen MR) is 157 cm³/mol. The highest BCUT2D eigenvalue weighted by atomic mass is 32.2. The van der Waals surface area contributed by atoms with Gasteiger partial charge in [0.15, 0.2) is 18.1 Å². The number of ether oxygens (including phenoxy) is 5. The Kier molecular flexibility index (Phi) is 7.55. The molecule has 9 nitrogen and oxygen atoms in total. The lowest BCUT2D eigenvalue weighted by molar-refractivity contribution is -0.295. The number of hydrogen-bond acceptors (Lipinski definition) is 8. The van der Waals surface area contributed by atoms with Crippen LogP contribution in [0, 0.1) is 12.3 Å². The molecule has 3 aliphatic rings. The molecule has 2 atom stereocenters. The number of amides is 1. The first-order chi connectivity index (χ1) is 20.1. The molecule has 1 N–H and O–H groups in total. The molecule has 220 valence electrons. The van der Waals surface area contributed by atoms with Gasteiger partial charge in [-0.05, 0) is 55.0 Å². The molecule has 2 fully saturated rings. The lowest BCUT2D eigenvalue weighted by atomic mass is 9.92. The molecule has 1 amide bonds. The Morgan fingerprint density at radius 3 is 2.38 bits per heavy atom. The summed E-state index contributed by atoms with van der Waals surface area (Å²) in [6.45, 7) is 6.94. The Hall–Kier alpha value is -3.73. The molecule has 3 heterocycles. The van der Waals surface area contributed by atoms with Gasteiger partial charge in [0, 0.05) is 16.7 Å². The maximum Gasteiger partial charge on any atom is 0.341 e. The second kappa shape index (κ2) is 11.2. The molecule has 0 unspecified atom stereocenters. The SMILES string of the molecule is Cc1ccc(N2C(=O)[C@H](SCC3(c4ccc5c(c4)OCO5)OCC(C)(C)CO3)[C@H]2c2ccc(OCC(=O)O)cc2)cc1. The number of aryl methyl sites for hydroxylation is 1. The molecule has 10 heteroatoms. The van der Waals surface area contributed by atoms with E-state index in [0.29, 0.717) is 36.2 Å². The molecule has 0 aromatic heterocycles. The quantitative estimate of drug-likeness (QED) is 0.332. The van der Waals surface area contributed by atoms with Crippen molar-refractivity contribution in [2.75, 3.05) is 37.3 Å².